The van der Waals surface area contributed by atoms with E-state index in [1.807, 2.05) is 6.92 Å². The number of hydrogen-bond acceptors (Lipinski definition) is 4. The van der Waals surface area contributed by atoms with E-state index in [0.717, 1.165) is 50.5 Å². The van der Waals surface area contributed by atoms with E-state index in [4.69, 9.17) is 4.18 Å². The van der Waals surface area contributed by atoms with Crippen molar-refractivity contribution in [2.24, 2.45) is 23.2 Å². The third-order valence-electron chi connectivity index (χ3n) is 6.98. The number of carbonyl (C=O) groups is 1. The predicted octanol–water partition coefficient (Wildman–Crippen LogP) is 4.90. The maximum Gasteiger partial charge on any atom is 0.296 e. The van der Waals surface area contributed by atoms with Gasteiger partial charge in [-0.15, -0.1) is 0 Å². The summed E-state index contributed by atoms with van der Waals surface area (Å²) >= 11 is 0. The van der Waals surface area contributed by atoms with Gasteiger partial charge in [0, 0.05) is 12.3 Å². The molecule has 2 saturated carbocycles. The fourth-order valence-electron chi connectivity index (χ4n) is 5.45. The highest BCUT2D eigenvalue weighted by molar-refractivity contribution is 7.86. The molecule has 0 unspecified atom stereocenters. The Balaban J connectivity index is 1.50. The van der Waals surface area contributed by atoms with Crippen molar-refractivity contribution in [2.75, 3.05) is 6.61 Å². The number of ketones is 1. The zero-order chi connectivity index (χ0) is 19.7. The first kappa shape index (κ1) is 20.5. The second-order valence-electron chi connectivity index (χ2n) is 8.77. The Kier molecular flexibility index (Phi) is 6.11. The van der Waals surface area contributed by atoms with Gasteiger partial charge in [-0.2, -0.15) is 8.42 Å². The van der Waals surface area contributed by atoms with Crippen molar-refractivity contribution < 1.29 is 17.4 Å². The zero-order valence-corrected chi connectivity index (χ0v) is 17.6. The summed E-state index contributed by atoms with van der Waals surface area (Å²) in [5.41, 5.74) is 1.16. The van der Waals surface area contributed by atoms with E-state index in [-0.39, 0.29) is 22.8 Å². The lowest BCUT2D eigenvalue weighted by Gasteiger charge is -2.42. The Morgan fingerprint density at radius 1 is 1.22 bits per heavy atom. The molecule has 4 atom stereocenters. The molecule has 0 spiro atoms. The molecule has 0 aliphatic heterocycles. The van der Waals surface area contributed by atoms with E-state index in [1.54, 1.807) is 24.3 Å². The molecule has 0 bridgehead atoms. The van der Waals surface area contributed by atoms with Crippen LogP contribution in [0.1, 0.15) is 64.4 Å². The molecule has 27 heavy (non-hydrogen) atoms. The molecule has 2 aliphatic rings. The normalized spacial score (nSPS) is 29.5. The maximum absolute atomic E-state index is 12.3. The first-order valence-corrected chi connectivity index (χ1v) is 11.6. The molecule has 3 rings (SSSR count). The Hall–Kier alpha value is -1.20. The Morgan fingerprint density at radius 3 is 2.63 bits per heavy atom. The molecule has 0 radical (unpaired) electrons. The highest BCUT2D eigenvalue weighted by Gasteiger charge is 2.52. The average molecular weight is 393 g/mol. The van der Waals surface area contributed by atoms with Crippen molar-refractivity contribution in [1.29, 1.82) is 0 Å². The van der Waals surface area contributed by atoms with E-state index in [1.165, 1.54) is 0 Å². The molecule has 1 aromatic carbocycles. The molecule has 0 amide bonds. The molecule has 0 heterocycles. The molecule has 0 aromatic heterocycles. The van der Waals surface area contributed by atoms with Crippen molar-refractivity contribution in [3.8, 4) is 0 Å². The maximum atomic E-state index is 12.3. The van der Waals surface area contributed by atoms with Crippen LogP contribution in [-0.2, 0) is 19.1 Å². The largest absolute Gasteiger partial charge is 0.299 e. The van der Waals surface area contributed by atoms with Crippen molar-refractivity contribution in [1.82, 2.24) is 0 Å². The van der Waals surface area contributed by atoms with E-state index < -0.39 is 10.1 Å². The monoisotopic (exact) mass is 392 g/mol. The fraction of sp³-hybridized carbons (Fsp3) is 0.682. The SMILES string of the molecule is Cc1ccc(S(=O)(=O)OCCC[C@@H](C)[C@H]2CC[C@H]3C(=O)CCC[C@]23C)cc1. The molecule has 5 heteroatoms. The lowest BCUT2D eigenvalue weighted by Crippen LogP contribution is -2.39. The van der Waals surface area contributed by atoms with Gasteiger partial charge in [0.2, 0.25) is 0 Å². The number of carbonyl (C=O) groups excluding carboxylic acids is 1. The van der Waals surface area contributed by atoms with Gasteiger partial charge < -0.3 is 0 Å². The molecule has 1 aromatic rings. The van der Waals surface area contributed by atoms with Gasteiger partial charge in [0.25, 0.3) is 10.1 Å². The van der Waals surface area contributed by atoms with Crippen LogP contribution >= 0.6 is 0 Å². The number of benzene rings is 1. The fourth-order valence-corrected chi connectivity index (χ4v) is 6.40. The van der Waals surface area contributed by atoms with E-state index in [0.29, 0.717) is 17.6 Å². The van der Waals surface area contributed by atoms with Crippen LogP contribution in [-0.4, -0.2) is 20.8 Å². The molecular weight excluding hydrogens is 360 g/mol. The van der Waals surface area contributed by atoms with Crippen LogP contribution in [0.25, 0.3) is 0 Å². The summed E-state index contributed by atoms with van der Waals surface area (Å²) < 4.78 is 29.8. The first-order valence-electron chi connectivity index (χ1n) is 10.2. The van der Waals surface area contributed by atoms with Gasteiger partial charge in [0.1, 0.15) is 5.78 Å². The lowest BCUT2D eigenvalue weighted by molar-refractivity contribution is -0.130. The zero-order valence-electron chi connectivity index (χ0n) is 16.7. The number of Topliss-reactive ketones (excluding diaryl/α,β-unsaturated/α-hetero) is 1. The van der Waals surface area contributed by atoms with Crippen LogP contribution in [0.5, 0.6) is 0 Å². The summed E-state index contributed by atoms with van der Waals surface area (Å²) in [5, 5.41) is 0. The number of fused-ring (bicyclic) bond motifs is 1. The number of rotatable bonds is 7. The molecule has 0 saturated heterocycles. The summed E-state index contributed by atoms with van der Waals surface area (Å²) in [6.07, 6.45) is 6.73. The predicted molar refractivity (Wildman–Crippen MR) is 106 cm³/mol. The minimum Gasteiger partial charge on any atom is -0.299 e. The van der Waals surface area contributed by atoms with Gasteiger partial charge in [-0.25, -0.2) is 0 Å². The minimum absolute atomic E-state index is 0.142. The number of hydrogen-bond donors (Lipinski definition) is 0. The third-order valence-corrected chi connectivity index (χ3v) is 8.30. The highest BCUT2D eigenvalue weighted by atomic mass is 32.2. The summed E-state index contributed by atoms with van der Waals surface area (Å²) in [7, 11) is -3.68. The second kappa shape index (κ2) is 8.04. The minimum atomic E-state index is -3.68. The standard InChI is InChI=1S/C22H32O4S/c1-16-8-10-18(11-9-16)27(24,25)26-15-5-6-17(2)19-12-13-20-21(23)7-4-14-22(19,20)3/h8-11,17,19-20H,4-7,12-15H2,1-3H3/t17-,19-,20+,22-/m1/s1. The van der Waals surface area contributed by atoms with Crippen LogP contribution in [0.2, 0.25) is 0 Å². The van der Waals surface area contributed by atoms with Crippen LogP contribution in [0, 0.1) is 30.1 Å². The van der Waals surface area contributed by atoms with Crippen LogP contribution < -0.4 is 0 Å². The van der Waals surface area contributed by atoms with Crippen molar-refractivity contribution in [2.45, 2.75) is 70.6 Å². The summed E-state index contributed by atoms with van der Waals surface area (Å²) in [6, 6.07) is 6.74. The topological polar surface area (TPSA) is 60.4 Å². The highest BCUT2D eigenvalue weighted by Crippen LogP contribution is 2.57. The summed E-state index contributed by atoms with van der Waals surface area (Å²) in [5.74, 6) is 1.75. The Labute approximate surface area is 163 Å². The van der Waals surface area contributed by atoms with Gasteiger partial charge in [-0.1, -0.05) is 31.5 Å². The number of aryl methyl sites for hydroxylation is 1. The van der Waals surface area contributed by atoms with Crippen LogP contribution in [0.15, 0.2) is 29.2 Å². The molecule has 4 nitrogen and oxygen atoms in total. The van der Waals surface area contributed by atoms with Crippen molar-refractivity contribution in [3.63, 3.8) is 0 Å². The first-order chi connectivity index (χ1) is 12.7. The second-order valence-corrected chi connectivity index (χ2v) is 10.4. The quantitative estimate of drug-likeness (QED) is 0.489. The summed E-state index contributed by atoms with van der Waals surface area (Å²) in [4.78, 5) is 12.5. The smallest absolute Gasteiger partial charge is 0.296 e. The van der Waals surface area contributed by atoms with Crippen molar-refractivity contribution >= 4 is 15.9 Å². The third kappa shape index (κ3) is 4.29. The van der Waals surface area contributed by atoms with Gasteiger partial charge in [0.05, 0.1) is 11.5 Å². The Bertz CT molecular complexity index is 768. The van der Waals surface area contributed by atoms with E-state index in [9.17, 15) is 13.2 Å². The van der Waals surface area contributed by atoms with Gasteiger partial charge >= 0.3 is 0 Å². The lowest BCUT2D eigenvalue weighted by atomic mass is 9.62. The van der Waals surface area contributed by atoms with Crippen LogP contribution in [0.4, 0.5) is 0 Å². The van der Waals surface area contributed by atoms with Gasteiger partial charge in [-0.3, -0.25) is 8.98 Å². The molecular formula is C22H32O4S. The van der Waals surface area contributed by atoms with Crippen molar-refractivity contribution in [3.05, 3.63) is 29.8 Å². The molecule has 2 fully saturated rings. The van der Waals surface area contributed by atoms with E-state index in [2.05, 4.69) is 13.8 Å². The Morgan fingerprint density at radius 2 is 1.93 bits per heavy atom. The molecule has 150 valence electrons. The molecule has 0 N–H and O–H groups in total. The molecule has 2 aliphatic carbocycles. The average Bonchev–Trinajstić information content (AvgIpc) is 2.97. The summed E-state index contributed by atoms with van der Waals surface area (Å²) in [6.45, 7) is 6.70. The van der Waals surface area contributed by atoms with E-state index >= 15 is 0 Å². The van der Waals surface area contributed by atoms with Crippen LogP contribution in [0.3, 0.4) is 0 Å². The van der Waals surface area contributed by atoms with Gasteiger partial charge in [0.15, 0.2) is 0 Å². The van der Waals surface area contributed by atoms with Gasteiger partial charge in [-0.05, 0) is 74.8 Å².